The summed E-state index contributed by atoms with van der Waals surface area (Å²) in [6, 6.07) is 3.18. The third-order valence-electron chi connectivity index (χ3n) is 3.25. The third kappa shape index (κ3) is 5.69. The second-order valence-electron chi connectivity index (χ2n) is 4.72. The van der Waals surface area contributed by atoms with Gasteiger partial charge in [-0.3, -0.25) is 9.59 Å². The summed E-state index contributed by atoms with van der Waals surface area (Å²) in [5.74, 6) is -0.261. The summed E-state index contributed by atoms with van der Waals surface area (Å²) in [7, 11) is 0. The van der Waals surface area contributed by atoms with Gasteiger partial charge in [0, 0.05) is 24.7 Å². The standard InChI is InChI=1S/C14H21N3O3/c1-2-10(3-4-13(18)19)5-7-16-12-9-11(14(15)20)6-8-17-12/h6,8-10H,2-5,7H2,1H3,(H2,15,20)(H,16,17)(H,18,19). The van der Waals surface area contributed by atoms with Crippen LogP contribution in [0.2, 0.25) is 0 Å². The van der Waals surface area contributed by atoms with Crippen LogP contribution in [-0.4, -0.2) is 28.5 Å². The minimum absolute atomic E-state index is 0.202. The van der Waals surface area contributed by atoms with E-state index in [0.29, 0.717) is 30.3 Å². The molecule has 0 saturated carbocycles. The van der Waals surface area contributed by atoms with Crippen LogP contribution in [0.4, 0.5) is 5.82 Å². The second kappa shape index (κ2) is 8.14. The summed E-state index contributed by atoms with van der Waals surface area (Å²) in [5.41, 5.74) is 5.62. The number of nitrogens with zero attached hydrogens (tertiary/aromatic N) is 1. The van der Waals surface area contributed by atoms with E-state index in [9.17, 15) is 9.59 Å². The Morgan fingerprint density at radius 1 is 1.45 bits per heavy atom. The molecule has 1 unspecified atom stereocenters. The number of hydrogen-bond donors (Lipinski definition) is 3. The molecule has 6 nitrogen and oxygen atoms in total. The Bertz CT molecular complexity index is 463. The minimum atomic E-state index is -0.757. The summed E-state index contributed by atoms with van der Waals surface area (Å²) in [4.78, 5) is 25.7. The SMILES string of the molecule is CCC(CCNc1cc(C(N)=O)ccn1)CCC(=O)O. The number of nitrogens with two attached hydrogens (primary N) is 1. The number of pyridine rings is 1. The van der Waals surface area contributed by atoms with Crippen LogP contribution in [-0.2, 0) is 4.79 Å². The number of carboxylic acid groups (broad SMARTS) is 1. The second-order valence-corrected chi connectivity index (χ2v) is 4.72. The van der Waals surface area contributed by atoms with Crippen LogP contribution in [0.15, 0.2) is 18.3 Å². The number of carboxylic acids is 1. The maximum absolute atomic E-state index is 11.0. The van der Waals surface area contributed by atoms with Crippen molar-refractivity contribution in [3.8, 4) is 0 Å². The maximum atomic E-state index is 11.0. The zero-order valence-corrected chi connectivity index (χ0v) is 11.6. The highest BCUT2D eigenvalue weighted by atomic mass is 16.4. The molecule has 0 aliphatic rings. The lowest BCUT2D eigenvalue weighted by Crippen LogP contribution is -2.13. The van der Waals surface area contributed by atoms with Gasteiger partial charge in [0.05, 0.1) is 0 Å². The molecule has 1 amide bonds. The van der Waals surface area contributed by atoms with Crippen molar-refractivity contribution >= 4 is 17.7 Å². The quantitative estimate of drug-likeness (QED) is 0.640. The van der Waals surface area contributed by atoms with Gasteiger partial charge in [0.15, 0.2) is 0 Å². The summed E-state index contributed by atoms with van der Waals surface area (Å²) in [5, 5.41) is 11.8. The van der Waals surface area contributed by atoms with E-state index in [1.54, 1.807) is 12.1 Å². The molecule has 1 rings (SSSR count). The molecule has 0 radical (unpaired) electrons. The highest BCUT2D eigenvalue weighted by Gasteiger charge is 2.09. The largest absolute Gasteiger partial charge is 0.481 e. The molecule has 0 spiro atoms. The molecule has 4 N–H and O–H groups in total. The molecule has 0 fully saturated rings. The summed E-state index contributed by atoms with van der Waals surface area (Å²) in [6.07, 6.45) is 4.23. The fourth-order valence-electron chi connectivity index (χ4n) is 1.97. The first-order valence-corrected chi connectivity index (χ1v) is 6.74. The van der Waals surface area contributed by atoms with Crippen molar-refractivity contribution in [2.24, 2.45) is 11.7 Å². The van der Waals surface area contributed by atoms with Crippen molar-refractivity contribution in [1.29, 1.82) is 0 Å². The summed E-state index contributed by atoms with van der Waals surface area (Å²) in [6.45, 7) is 2.74. The topological polar surface area (TPSA) is 105 Å². The van der Waals surface area contributed by atoms with E-state index in [4.69, 9.17) is 10.8 Å². The summed E-state index contributed by atoms with van der Waals surface area (Å²) >= 11 is 0. The molecular weight excluding hydrogens is 258 g/mol. The highest BCUT2D eigenvalue weighted by molar-refractivity contribution is 5.93. The molecule has 0 aliphatic heterocycles. The fourth-order valence-corrected chi connectivity index (χ4v) is 1.97. The van der Waals surface area contributed by atoms with Crippen LogP contribution in [0.3, 0.4) is 0 Å². The number of hydrogen-bond acceptors (Lipinski definition) is 4. The Morgan fingerprint density at radius 3 is 2.80 bits per heavy atom. The molecule has 0 aliphatic carbocycles. The molecule has 6 heteroatoms. The van der Waals surface area contributed by atoms with Crippen LogP contribution >= 0.6 is 0 Å². The fraction of sp³-hybridized carbons (Fsp3) is 0.500. The zero-order valence-electron chi connectivity index (χ0n) is 11.6. The van der Waals surface area contributed by atoms with Gasteiger partial charge in [-0.05, 0) is 30.9 Å². The first-order chi connectivity index (χ1) is 9.52. The van der Waals surface area contributed by atoms with Gasteiger partial charge in [-0.15, -0.1) is 0 Å². The van der Waals surface area contributed by atoms with Gasteiger partial charge >= 0.3 is 5.97 Å². The van der Waals surface area contributed by atoms with Crippen molar-refractivity contribution < 1.29 is 14.7 Å². The van der Waals surface area contributed by atoms with Gasteiger partial charge in [0.2, 0.25) is 5.91 Å². The van der Waals surface area contributed by atoms with E-state index >= 15 is 0 Å². The van der Waals surface area contributed by atoms with Crippen LogP contribution in [0.1, 0.15) is 43.0 Å². The molecule has 0 saturated heterocycles. The molecule has 1 aromatic heterocycles. The number of aliphatic carboxylic acids is 1. The predicted octanol–water partition coefficient (Wildman–Crippen LogP) is 1.87. The lowest BCUT2D eigenvalue weighted by atomic mass is 9.97. The van der Waals surface area contributed by atoms with Gasteiger partial charge in [-0.1, -0.05) is 13.3 Å². The molecular formula is C14H21N3O3. The Labute approximate surface area is 118 Å². The van der Waals surface area contributed by atoms with E-state index < -0.39 is 11.9 Å². The number of nitrogens with one attached hydrogen (secondary N) is 1. The van der Waals surface area contributed by atoms with Crippen LogP contribution in [0, 0.1) is 5.92 Å². The van der Waals surface area contributed by atoms with Gasteiger partial charge in [-0.25, -0.2) is 4.98 Å². The molecule has 20 heavy (non-hydrogen) atoms. The first-order valence-electron chi connectivity index (χ1n) is 6.74. The monoisotopic (exact) mass is 279 g/mol. The van der Waals surface area contributed by atoms with E-state index in [0.717, 1.165) is 12.8 Å². The van der Waals surface area contributed by atoms with E-state index in [1.807, 2.05) is 0 Å². The number of amides is 1. The minimum Gasteiger partial charge on any atom is -0.481 e. The molecule has 1 heterocycles. The first kappa shape index (κ1) is 15.9. The zero-order chi connectivity index (χ0) is 15.0. The maximum Gasteiger partial charge on any atom is 0.303 e. The number of primary amides is 1. The van der Waals surface area contributed by atoms with Gasteiger partial charge < -0.3 is 16.2 Å². The smallest absolute Gasteiger partial charge is 0.303 e. The third-order valence-corrected chi connectivity index (χ3v) is 3.25. The van der Waals surface area contributed by atoms with Crippen molar-refractivity contribution in [3.05, 3.63) is 23.9 Å². The Morgan fingerprint density at radius 2 is 2.20 bits per heavy atom. The van der Waals surface area contributed by atoms with E-state index in [2.05, 4.69) is 17.2 Å². The lowest BCUT2D eigenvalue weighted by Gasteiger charge is -2.14. The molecule has 1 atom stereocenters. The van der Waals surface area contributed by atoms with E-state index in [-0.39, 0.29) is 6.42 Å². The average molecular weight is 279 g/mol. The van der Waals surface area contributed by atoms with Crippen LogP contribution in [0.5, 0.6) is 0 Å². The molecule has 1 aromatic rings. The van der Waals surface area contributed by atoms with Crippen LogP contribution < -0.4 is 11.1 Å². The van der Waals surface area contributed by atoms with Gasteiger partial charge in [0.25, 0.3) is 0 Å². The average Bonchev–Trinajstić information content (AvgIpc) is 2.42. The molecule has 0 aromatic carbocycles. The number of rotatable bonds is 9. The number of aromatic nitrogens is 1. The van der Waals surface area contributed by atoms with Crippen molar-refractivity contribution in [2.45, 2.75) is 32.6 Å². The Hall–Kier alpha value is -2.11. The lowest BCUT2D eigenvalue weighted by molar-refractivity contribution is -0.137. The highest BCUT2D eigenvalue weighted by Crippen LogP contribution is 2.16. The van der Waals surface area contributed by atoms with Crippen molar-refractivity contribution in [1.82, 2.24) is 4.98 Å². The normalized spacial score (nSPS) is 11.8. The van der Waals surface area contributed by atoms with Gasteiger partial charge in [-0.2, -0.15) is 0 Å². The Kier molecular flexibility index (Phi) is 6.49. The Balaban J connectivity index is 2.40. The van der Waals surface area contributed by atoms with Crippen molar-refractivity contribution in [2.75, 3.05) is 11.9 Å². The van der Waals surface area contributed by atoms with Gasteiger partial charge in [0.1, 0.15) is 5.82 Å². The molecule has 110 valence electrons. The number of carbonyl (C=O) groups excluding carboxylic acids is 1. The van der Waals surface area contributed by atoms with Crippen LogP contribution in [0.25, 0.3) is 0 Å². The summed E-state index contributed by atoms with van der Waals surface area (Å²) < 4.78 is 0. The van der Waals surface area contributed by atoms with E-state index in [1.165, 1.54) is 6.20 Å². The number of anilines is 1. The number of carbonyl (C=O) groups is 2. The van der Waals surface area contributed by atoms with Crippen molar-refractivity contribution in [3.63, 3.8) is 0 Å². The predicted molar refractivity (Wildman–Crippen MR) is 76.5 cm³/mol. The molecule has 0 bridgehead atoms.